The van der Waals surface area contributed by atoms with E-state index >= 15 is 0 Å². The molecule has 0 atom stereocenters. The summed E-state index contributed by atoms with van der Waals surface area (Å²) in [7, 11) is 0. The molecule has 4 rings (SSSR count). The fraction of sp³-hybridized carbons (Fsp3) is 0.318. The fourth-order valence-electron chi connectivity index (χ4n) is 3.85. The Hall–Kier alpha value is -2.39. The average molecular weight is 332 g/mol. The van der Waals surface area contributed by atoms with Crippen LogP contribution in [0.25, 0.3) is 10.9 Å². The molecule has 3 nitrogen and oxygen atoms in total. The molecular weight excluding hydrogens is 308 g/mol. The van der Waals surface area contributed by atoms with Gasteiger partial charge in [-0.25, -0.2) is 0 Å². The van der Waals surface area contributed by atoms with Crippen molar-refractivity contribution < 1.29 is 0 Å². The first-order valence-electron chi connectivity index (χ1n) is 9.15. The third-order valence-electron chi connectivity index (χ3n) is 5.30. The van der Waals surface area contributed by atoms with Crippen LogP contribution in [0, 0.1) is 5.92 Å². The second-order valence-electron chi connectivity index (χ2n) is 7.12. The van der Waals surface area contributed by atoms with Crippen LogP contribution in [0.1, 0.15) is 24.0 Å². The molecule has 3 aromatic rings. The van der Waals surface area contributed by atoms with Gasteiger partial charge in [0.25, 0.3) is 5.56 Å². The van der Waals surface area contributed by atoms with Crippen molar-refractivity contribution in [3.63, 3.8) is 0 Å². The minimum atomic E-state index is 0.0464. The highest BCUT2D eigenvalue weighted by atomic mass is 16.1. The molecule has 1 aliphatic rings. The fourth-order valence-corrected chi connectivity index (χ4v) is 3.85. The largest absolute Gasteiger partial charge is 0.322 e. The molecule has 0 unspecified atom stereocenters. The minimum absolute atomic E-state index is 0.0464. The number of piperidine rings is 1. The van der Waals surface area contributed by atoms with Gasteiger partial charge in [0.15, 0.2) is 0 Å². The summed E-state index contributed by atoms with van der Waals surface area (Å²) in [6, 6.07) is 20.8. The number of pyridine rings is 1. The molecule has 2 aromatic carbocycles. The Morgan fingerprint density at radius 1 is 0.960 bits per heavy atom. The Labute approximate surface area is 148 Å². The summed E-state index contributed by atoms with van der Waals surface area (Å²) < 4.78 is 0. The summed E-state index contributed by atoms with van der Waals surface area (Å²) in [5.41, 5.74) is 3.27. The lowest BCUT2D eigenvalue weighted by molar-refractivity contribution is 0.176. The summed E-state index contributed by atoms with van der Waals surface area (Å²) in [5, 5.41) is 1.11. The SMILES string of the molecule is O=c1[nH]c2ccccc2cc1CN1CCC(Cc2ccccc2)CC1. The lowest BCUT2D eigenvalue weighted by Gasteiger charge is -2.31. The Morgan fingerprint density at radius 3 is 2.48 bits per heavy atom. The molecule has 1 N–H and O–H groups in total. The number of hydrogen-bond donors (Lipinski definition) is 1. The maximum atomic E-state index is 12.3. The van der Waals surface area contributed by atoms with Crippen LogP contribution in [0.3, 0.4) is 0 Å². The number of fused-ring (bicyclic) bond motifs is 1. The van der Waals surface area contributed by atoms with Crippen molar-refractivity contribution in [1.29, 1.82) is 0 Å². The zero-order valence-corrected chi connectivity index (χ0v) is 14.4. The second kappa shape index (κ2) is 7.24. The number of nitrogens with one attached hydrogen (secondary N) is 1. The van der Waals surface area contributed by atoms with Crippen molar-refractivity contribution in [1.82, 2.24) is 9.88 Å². The molecule has 0 radical (unpaired) electrons. The molecule has 128 valence electrons. The van der Waals surface area contributed by atoms with Crippen LogP contribution in [-0.2, 0) is 13.0 Å². The van der Waals surface area contributed by atoms with Crippen molar-refractivity contribution in [2.45, 2.75) is 25.8 Å². The van der Waals surface area contributed by atoms with Gasteiger partial charge >= 0.3 is 0 Å². The molecule has 0 amide bonds. The van der Waals surface area contributed by atoms with Gasteiger partial charge in [-0.05, 0) is 61.4 Å². The number of hydrogen-bond acceptors (Lipinski definition) is 2. The average Bonchev–Trinajstić information content (AvgIpc) is 2.65. The van der Waals surface area contributed by atoms with E-state index in [0.29, 0.717) is 0 Å². The molecule has 1 saturated heterocycles. The highest BCUT2D eigenvalue weighted by Crippen LogP contribution is 2.22. The molecule has 0 aliphatic carbocycles. The van der Waals surface area contributed by atoms with E-state index in [1.165, 1.54) is 24.8 Å². The Balaban J connectivity index is 1.39. The molecule has 0 bridgehead atoms. The number of H-pyrrole nitrogens is 1. The Bertz CT molecular complexity index is 893. The zero-order valence-electron chi connectivity index (χ0n) is 14.4. The normalized spacial score (nSPS) is 16.3. The molecular formula is C22H24N2O. The summed E-state index contributed by atoms with van der Waals surface area (Å²) in [5.74, 6) is 0.758. The molecule has 0 saturated carbocycles. The predicted molar refractivity (Wildman–Crippen MR) is 103 cm³/mol. The van der Waals surface area contributed by atoms with E-state index in [4.69, 9.17) is 0 Å². The van der Waals surface area contributed by atoms with Gasteiger partial charge in [0, 0.05) is 17.6 Å². The Kier molecular flexibility index (Phi) is 4.66. The van der Waals surface area contributed by atoms with E-state index in [0.717, 1.165) is 42.0 Å². The highest BCUT2D eigenvalue weighted by Gasteiger charge is 2.20. The lowest BCUT2D eigenvalue weighted by atomic mass is 9.90. The number of para-hydroxylation sites is 1. The summed E-state index contributed by atoms with van der Waals surface area (Å²) in [4.78, 5) is 17.8. The summed E-state index contributed by atoms with van der Waals surface area (Å²) in [6.45, 7) is 2.89. The quantitative estimate of drug-likeness (QED) is 0.784. The Morgan fingerprint density at radius 2 is 1.68 bits per heavy atom. The van der Waals surface area contributed by atoms with Gasteiger partial charge in [-0.1, -0.05) is 48.5 Å². The van der Waals surface area contributed by atoms with E-state index in [2.05, 4.69) is 46.3 Å². The van der Waals surface area contributed by atoms with Crippen molar-refractivity contribution in [3.05, 3.63) is 82.1 Å². The minimum Gasteiger partial charge on any atom is -0.322 e. The van der Waals surface area contributed by atoms with E-state index in [1.54, 1.807) is 0 Å². The molecule has 1 aliphatic heterocycles. The van der Waals surface area contributed by atoms with Crippen LogP contribution in [0.4, 0.5) is 0 Å². The van der Waals surface area contributed by atoms with Gasteiger partial charge in [-0.3, -0.25) is 9.69 Å². The van der Waals surface area contributed by atoms with Gasteiger partial charge < -0.3 is 4.98 Å². The van der Waals surface area contributed by atoms with Crippen LogP contribution >= 0.6 is 0 Å². The van der Waals surface area contributed by atoms with Crippen molar-refractivity contribution in [2.24, 2.45) is 5.92 Å². The van der Waals surface area contributed by atoms with E-state index in [9.17, 15) is 4.79 Å². The number of aromatic nitrogens is 1. The molecule has 0 spiro atoms. The number of aromatic amines is 1. The smallest absolute Gasteiger partial charge is 0.252 e. The van der Waals surface area contributed by atoms with E-state index in [-0.39, 0.29) is 5.56 Å². The predicted octanol–water partition coefficient (Wildman–Crippen LogP) is 3.98. The van der Waals surface area contributed by atoms with Crippen LogP contribution in [0.15, 0.2) is 65.5 Å². The van der Waals surface area contributed by atoms with Crippen molar-refractivity contribution in [2.75, 3.05) is 13.1 Å². The van der Waals surface area contributed by atoms with Gasteiger partial charge in [0.1, 0.15) is 0 Å². The lowest BCUT2D eigenvalue weighted by Crippen LogP contribution is -2.35. The molecule has 1 aromatic heterocycles. The molecule has 2 heterocycles. The topological polar surface area (TPSA) is 36.1 Å². The number of nitrogens with zero attached hydrogens (tertiary/aromatic N) is 1. The van der Waals surface area contributed by atoms with Gasteiger partial charge in [0.2, 0.25) is 0 Å². The van der Waals surface area contributed by atoms with Crippen LogP contribution in [-0.4, -0.2) is 23.0 Å². The standard InChI is InChI=1S/C22H24N2O/c25-22-20(15-19-8-4-5-9-21(19)23-22)16-24-12-10-18(11-13-24)14-17-6-2-1-3-7-17/h1-9,15,18H,10-14,16H2,(H,23,25). The van der Waals surface area contributed by atoms with Gasteiger partial charge in [0.05, 0.1) is 0 Å². The number of benzene rings is 2. The van der Waals surface area contributed by atoms with Crippen molar-refractivity contribution in [3.8, 4) is 0 Å². The highest BCUT2D eigenvalue weighted by molar-refractivity contribution is 5.78. The van der Waals surface area contributed by atoms with Crippen molar-refractivity contribution >= 4 is 10.9 Å². The van der Waals surface area contributed by atoms with E-state index in [1.807, 2.05) is 24.3 Å². The van der Waals surface area contributed by atoms with Crippen LogP contribution in [0.5, 0.6) is 0 Å². The molecule has 3 heteroatoms. The van der Waals surface area contributed by atoms with Crippen LogP contribution in [0.2, 0.25) is 0 Å². The van der Waals surface area contributed by atoms with E-state index < -0.39 is 0 Å². The maximum Gasteiger partial charge on any atom is 0.252 e. The van der Waals surface area contributed by atoms with Crippen LogP contribution < -0.4 is 5.56 Å². The third-order valence-corrected chi connectivity index (χ3v) is 5.30. The number of rotatable bonds is 4. The summed E-state index contributed by atoms with van der Waals surface area (Å²) >= 11 is 0. The van der Waals surface area contributed by atoms with Gasteiger partial charge in [-0.2, -0.15) is 0 Å². The maximum absolute atomic E-state index is 12.3. The third kappa shape index (κ3) is 3.83. The molecule has 1 fully saturated rings. The first-order chi connectivity index (χ1) is 12.3. The molecule has 25 heavy (non-hydrogen) atoms. The zero-order chi connectivity index (χ0) is 17.1. The second-order valence-corrected chi connectivity index (χ2v) is 7.12. The van der Waals surface area contributed by atoms with Gasteiger partial charge in [-0.15, -0.1) is 0 Å². The first-order valence-corrected chi connectivity index (χ1v) is 9.15. The monoisotopic (exact) mass is 332 g/mol. The summed E-state index contributed by atoms with van der Waals surface area (Å²) in [6.07, 6.45) is 3.59. The first kappa shape index (κ1) is 16.1. The number of likely N-dealkylation sites (tertiary alicyclic amines) is 1.